The summed E-state index contributed by atoms with van der Waals surface area (Å²) in [7, 11) is 0. The van der Waals surface area contributed by atoms with Gasteiger partial charge in [-0.3, -0.25) is 4.79 Å². The fraction of sp³-hybridized carbons (Fsp3) is 0.211. The van der Waals surface area contributed by atoms with E-state index in [1.807, 2.05) is 48.5 Å². The molecule has 7 heteroatoms. The van der Waals surface area contributed by atoms with Crippen LogP contribution in [0.15, 0.2) is 53.0 Å². The largest absolute Gasteiger partial charge is 0.346 e. The molecule has 5 nitrogen and oxygen atoms in total. The average molecular weight is 432 g/mol. The van der Waals surface area contributed by atoms with Gasteiger partial charge in [0, 0.05) is 22.0 Å². The minimum absolute atomic E-state index is 0.229. The molecule has 2 aromatic carbocycles. The first kappa shape index (κ1) is 17.2. The molecule has 1 N–H and O–H groups in total. The number of aromatic nitrogens is 3. The first-order chi connectivity index (χ1) is 12.6. The number of benzene rings is 2. The van der Waals surface area contributed by atoms with Crippen molar-refractivity contribution >= 4 is 33.4 Å². The zero-order valence-corrected chi connectivity index (χ0v) is 16.2. The third-order valence-corrected chi connectivity index (χ3v) is 5.18. The van der Waals surface area contributed by atoms with E-state index in [9.17, 15) is 4.79 Å². The summed E-state index contributed by atoms with van der Waals surface area (Å²) in [6.07, 6.45) is 2.11. The molecular formula is C19H16BrClN4O. The van der Waals surface area contributed by atoms with Gasteiger partial charge in [0.15, 0.2) is 5.69 Å². The quantitative estimate of drug-likeness (QED) is 0.647. The van der Waals surface area contributed by atoms with Crippen molar-refractivity contribution < 1.29 is 4.79 Å². The Hall–Kier alpha value is -2.18. The van der Waals surface area contributed by atoms with Crippen LogP contribution in [-0.2, 0) is 6.54 Å². The first-order valence-corrected chi connectivity index (χ1v) is 9.53. The smallest absolute Gasteiger partial charge is 0.274 e. The maximum absolute atomic E-state index is 12.7. The van der Waals surface area contributed by atoms with E-state index in [1.54, 1.807) is 4.68 Å². The number of carbonyl (C=O) groups excluding carboxylic acids is 1. The highest BCUT2D eigenvalue weighted by atomic mass is 79.9. The lowest BCUT2D eigenvalue weighted by molar-refractivity contribution is 0.0945. The number of rotatable bonds is 5. The third kappa shape index (κ3) is 3.52. The van der Waals surface area contributed by atoms with Crippen molar-refractivity contribution in [3.63, 3.8) is 0 Å². The van der Waals surface area contributed by atoms with Crippen molar-refractivity contribution in [2.75, 3.05) is 0 Å². The second-order valence-corrected chi connectivity index (χ2v) is 7.59. The monoisotopic (exact) mass is 430 g/mol. The maximum Gasteiger partial charge on any atom is 0.274 e. The van der Waals surface area contributed by atoms with Gasteiger partial charge in [0.25, 0.3) is 5.91 Å². The predicted octanol–water partition coefficient (Wildman–Crippen LogP) is 4.49. The Morgan fingerprint density at radius 3 is 2.69 bits per heavy atom. The standard InChI is InChI=1S/C19H16BrClN4O/c20-14-9-8-13(16(21)10-14)11-22-19(26)17-18(12-6-7-12)25(24-23-17)15-4-2-1-3-5-15/h1-5,8-10,12H,6-7,11H2,(H,22,26). The van der Waals surface area contributed by atoms with Crippen LogP contribution in [-0.4, -0.2) is 20.9 Å². The fourth-order valence-electron chi connectivity index (χ4n) is 2.86. The minimum atomic E-state index is -0.229. The number of nitrogens with one attached hydrogen (secondary N) is 1. The number of nitrogens with zero attached hydrogens (tertiary/aromatic N) is 3. The van der Waals surface area contributed by atoms with Crippen LogP contribution >= 0.6 is 27.5 Å². The molecule has 1 aliphatic rings. The van der Waals surface area contributed by atoms with Gasteiger partial charge in [0.1, 0.15) is 0 Å². The van der Waals surface area contributed by atoms with Crippen LogP contribution in [0.25, 0.3) is 5.69 Å². The summed E-state index contributed by atoms with van der Waals surface area (Å²) in [6.45, 7) is 0.341. The van der Waals surface area contributed by atoms with E-state index in [2.05, 4.69) is 31.6 Å². The molecule has 0 saturated heterocycles. The van der Waals surface area contributed by atoms with E-state index in [1.165, 1.54) is 0 Å². The summed E-state index contributed by atoms with van der Waals surface area (Å²) >= 11 is 9.60. The van der Waals surface area contributed by atoms with E-state index in [0.29, 0.717) is 23.2 Å². The second kappa shape index (κ2) is 7.21. The van der Waals surface area contributed by atoms with Gasteiger partial charge in [-0.2, -0.15) is 0 Å². The Bertz CT molecular complexity index is 953. The fourth-order valence-corrected chi connectivity index (χ4v) is 3.60. The van der Waals surface area contributed by atoms with E-state index in [0.717, 1.165) is 34.3 Å². The van der Waals surface area contributed by atoms with Crippen LogP contribution in [0.4, 0.5) is 0 Å². The Morgan fingerprint density at radius 2 is 2.00 bits per heavy atom. The topological polar surface area (TPSA) is 59.8 Å². The molecule has 1 heterocycles. The van der Waals surface area contributed by atoms with Gasteiger partial charge in [-0.25, -0.2) is 4.68 Å². The van der Waals surface area contributed by atoms with Crippen LogP contribution in [0.2, 0.25) is 5.02 Å². The van der Waals surface area contributed by atoms with Crippen molar-refractivity contribution in [1.82, 2.24) is 20.3 Å². The Labute approximate surface area is 164 Å². The molecule has 0 spiro atoms. The van der Waals surface area contributed by atoms with E-state index in [-0.39, 0.29) is 5.91 Å². The number of hydrogen-bond acceptors (Lipinski definition) is 3. The van der Waals surface area contributed by atoms with Crippen molar-refractivity contribution in [1.29, 1.82) is 0 Å². The molecule has 3 aromatic rings. The lowest BCUT2D eigenvalue weighted by atomic mass is 10.2. The number of hydrogen-bond donors (Lipinski definition) is 1. The predicted molar refractivity (Wildman–Crippen MR) is 104 cm³/mol. The van der Waals surface area contributed by atoms with E-state index < -0.39 is 0 Å². The van der Waals surface area contributed by atoms with E-state index >= 15 is 0 Å². The molecule has 1 saturated carbocycles. The SMILES string of the molecule is O=C(NCc1ccc(Br)cc1Cl)c1nnn(-c2ccccc2)c1C1CC1. The normalized spacial score (nSPS) is 13.6. The molecule has 1 aliphatic carbocycles. The van der Waals surface area contributed by atoms with Gasteiger partial charge in [0.05, 0.1) is 11.4 Å². The molecule has 0 radical (unpaired) electrons. The molecule has 4 rings (SSSR count). The van der Waals surface area contributed by atoms with E-state index in [4.69, 9.17) is 11.6 Å². The molecule has 0 atom stereocenters. The highest BCUT2D eigenvalue weighted by Gasteiger charge is 2.34. The minimum Gasteiger partial charge on any atom is -0.346 e. The number of amides is 1. The molecule has 26 heavy (non-hydrogen) atoms. The van der Waals surface area contributed by atoms with Crippen molar-refractivity contribution in [2.24, 2.45) is 0 Å². The third-order valence-electron chi connectivity index (χ3n) is 4.34. The molecule has 0 bridgehead atoms. The zero-order valence-electron chi connectivity index (χ0n) is 13.8. The first-order valence-electron chi connectivity index (χ1n) is 8.36. The summed E-state index contributed by atoms with van der Waals surface area (Å²) in [4.78, 5) is 12.7. The summed E-state index contributed by atoms with van der Waals surface area (Å²) in [5.41, 5.74) is 3.05. The van der Waals surface area contributed by atoms with Crippen LogP contribution in [0.1, 0.15) is 40.5 Å². The van der Waals surface area contributed by atoms with Gasteiger partial charge >= 0.3 is 0 Å². The van der Waals surface area contributed by atoms with Crippen molar-refractivity contribution in [3.05, 3.63) is 75.0 Å². The molecule has 0 unspecified atom stereocenters. The molecular weight excluding hydrogens is 416 g/mol. The maximum atomic E-state index is 12.7. The number of para-hydroxylation sites is 1. The summed E-state index contributed by atoms with van der Waals surface area (Å²) in [6, 6.07) is 15.4. The van der Waals surface area contributed by atoms with Crippen molar-refractivity contribution in [3.8, 4) is 5.69 Å². The van der Waals surface area contributed by atoms with Gasteiger partial charge in [-0.1, -0.05) is 57.0 Å². The van der Waals surface area contributed by atoms with Gasteiger partial charge in [-0.05, 0) is 42.7 Å². The summed E-state index contributed by atoms with van der Waals surface area (Å²) in [5, 5.41) is 11.9. The van der Waals surface area contributed by atoms with Crippen LogP contribution < -0.4 is 5.32 Å². The second-order valence-electron chi connectivity index (χ2n) is 6.26. The highest BCUT2D eigenvalue weighted by molar-refractivity contribution is 9.10. The Balaban J connectivity index is 1.57. The number of carbonyl (C=O) groups is 1. The molecule has 1 aromatic heterocycles. The van der Waals surface area contributed by atoms with Gasteiger partial charge in [0.2, 0.25) is 0 Å². The van der Waals surface area contributed by atoms with Gasteiger partial charge < -0.3 is 5.32 Å². The Kier molecular flexibility index (Phi) is 4.78. The van der Waals surface area contributed by atoms with Crippen molar-refractivity contribution in [2.45, 2.75) is 25.3 Å². The van der Waals surface area contributed by atoms with Crippen LogP contribution in [0, 0.1) is 0 Å². The zero-order chi connectivity index (χ0) is 18.1. The lowest BCUT2D eigenvalue weighted by Gasteiger charge is -2.09. The lowest BCUT2D eigenvalue weighted by Crippen LogP contribution is -2.24. The Morgan fingerprint density at radius 1 is 1.23 bits per heavy atom. The highest BCUT2D eigenvalue weighted by Crippen LogP contribution is 2.41. The number of halogens is 2. The summed E-state index contributed by atoms with van der Waals surface area (Å²) < 4.78 is 2.68. The average Bonchev–Trinajstić information content (AvgIpc) is 3.39. The van der Waals surface area contributed by atoms with Crippen LogP contribution in [0.3, 0.4) is 0 Å². The van der Waals surface area contributed by atoms with Crippen LogP contribution in [0.5, 0.6) is 0 Å². The summed E-state index contributed by atoms with van der Waals surface area (Å²) in [5.74, 6) is 0.107. The molecule has 0 aliphatic heterocycles. The van der Waals surface area contributed by atoms with Gasteiger partial charge in [-0.15, -0.1) is 5.10 Å². The molecule has 1 amide bonds. The molecule has 132 valence electrons. The molecule has 1 fully saturated rings.